The number of hydrogen-bond donors (Lipinski definition) is 2. The highest BCUT2D eigenvalue weighted by Gasteiger charge is 2.15. The summed E-state index contributed by atoms with van der Waals surface area (Å²) in [6, 6.07) is 5.35. The van der Waals surface area contributed by atoms with Crippen molar-refractivity contribution in [3.8, 4) is 0 Å². The summed E-state index contributed by atoms with van der Waals surface area (Å²) < 4.78 is 10.7. The first kappa shape index (κ1) is 18.1. The van der Waals surface area contributed by atoms with Crippen LogP contribution in [-0.2, 0) is 19.1 Å². The molecule has 0 aliphatic heterocycles. The third-order valence-electron chi connectivity index (χ3n) is 2.98. The van der Waals surface area contributed by atoms with Crippen molar-refractivity contribution in [2.24, 2.45) is 0 Å². The van der Waals surface area contributed by atoms with Crippen LogP contribution in [0.2, 0.25) is 0 Å². The molecule has 1 aromatic carbocycles. The van der Waals surface area contributed by atoms with E-state index in [9.17, 15) is 9.59 Å². The van der Waals surface area contributed by atoms with Crippen LogP contribution < -0.4 is 10.6 Å². The lowest BCUT2D eigenvalue weighted by atomic mass is 10.1. The van der Waals surface area contributed by atoms with Gasteiger partial charge in [-0.2, -0.15) is 0 Å². The Balaban J connectivity index is 2.73. The first-order valence-electron chi connectivity index (χ1n) is 7.38. The fourth-order valence-corrected chi connectivity index (χ4v) is 1.99. The zero-order valence-electron chi connectivity index (χ0n) is 13.6. The molecule has 0 aliphatic rings. The van der Waals surface area contributed by atoms with Crippen LogP contribution in [-0.4, -0.2) is 31.3 Å². The lowest BCUT2D eigenvalue weighted by Gasteiger charge is -2.17. The number of rotatable bonds is 8. The minimum absolute atomic E-state index is 0.117. The van der Waals surface area contributed by atoms with E-state index in [0.717, 1.165) is 5.56 Å². The molecule has 0 heterocycles. The fourth-order valence-electron chi connectivity index (χ4n) is 1.99. The van der Waals surface area contributed by atoms with Gasteiger partial charge >= 0.3 is 0 Å². The molecule has 0 aliphatic carbocycles. The van der Waals surface area contributed by atoms with Crippen LogP contribution in [0.15, 0.2) is 18.2 Å². The molecule has 22 heavy (non-hydrogen) atoms. The van der Waals surface area contributed by atoms with Crippen LogP contribution in [0.3, 0.4) is 0 Å². The molecule has 0 saturated heterocycles. The average Bonchev–Trinajstić information content (AvgIpc) is 2.43. The summed E-state index contributed by atoms with van der Waals surface area (Å²) in [5.74, 6) is -0.352. The lowest BCUT2D eigenvalue weighted by molar-refractivity contribution is -0.150. The maximum atomic E-state index is 12.1. The Hall–Kier alpha value is -1.92. The number of benzene rings is 1. The molecule has 1 rings (SSSR count). The molecule has 2 N–H and O–H groups in total. The van der Waals surface area contributed by atoms with E-state index in [4.69, 9.17) is 9.47 Å². The SMILES string of the molecule is CCOC(CC(=O)Nc1cccc(NC(C)=O)c1C)OCC. The van der Waals surface area contributed by atoms with Crippen LogP contribution >= 0.6 is 0 Å². The van der Waals surface area contributed by atoms with E-state index in [-0.39, 0.29) is 18.2 Å². The molecule has 0 saturated carbocycles. The topological polar surface area (TPSA) is 76.7 Å². The number of anilines is 2. The number of ether oxygens (including phenoxy) is 2. The Morgan fingerprint density at radius 2 is 1.64 bits per heavy atom. The minimum Gasteiger partial charge on any atom is -0.352 e. The van der Waals surface area contributed by atoms with Gasteiger partial charge in [-0.1, -0.05) is 6.07 Å². The van der Waals surface area contributed by atoms with Gasteiger partial charge in [-0.05, 0) is 38.5 Å². The molecule has 0 spiro atoms. The maximum Gasteiger partial charge on any atom is 0.229 e. The summed E-state index contributed by atoms with van der Waals surface area (Å²) in [6.07, 6.45) is -0.431. The summed E-state index contributed by atoms with van der Waals surface area (Å²) in [5, 5.41) is 5.55. The van der Waals surface area contributed by atoms with E-state index in [2.05, 4.69) is 10.6 Å². The van der Waals surface area contributed by atoms with E-state index in [1.165, 1.54) is 6.92 Å². The summed E-state index contributed by atoms with van der Waals surface area (Å²) in [5.41, 5.74) is 2.13. The van der Waals surface area contributed by atoms with Crippen LogP contribution in [0.4, 0.5) is 11.4 Å². The fraction of sp³-hybridized carbons (Fsp3) is 0.500. The van der Waals surface area contributed by atoms with Gasteiger partial charge in [0.25, 0.3) is 0 Å². The van der Waals surface area contributed by atoms with Gasteiger partial charge in [0.15, 0.2) is 6.29 Å². The number of nitrogens with one attached hydrogen (secondary N) is 2. The van der Waals surface area contributed by atoms with Gasteiger partial charge in [-0.15, -0.1) is 0 Å². The smallest absolute Gasteiger partial charge is 0.229 e. The molecular formula is C16H24N2O4. The van der Waals surface area contributed by atoms with E-state index in [1.807, 2.05) is 20.8 Å². The zero-order chi connectivity index (χ0) is 16.5. The molecule has 0 fully saturated rings. The third kappa shape index (κ3) is 5.83. The Morgan fingerprint density at radius 1 is 1.09 bits per heavy atom. The van der Waals surface area contributed by atoms with Crippen molar-refractivity contribution in [3.05, 3.63) is 23.8 Å². The number of carbonyl (C=O) groups excluding carboxylic acids is 2. The summed E-state index contributed by atoms with van der Waals surface area (Å²) in [6.45, 7) is 7.95. The Labute approximate surface area is 131 Å². The van der Waals surface area contributed by atoms with Crippen molar-refractivity contribution in [1.29, 1.82) is 0 Å². The van der Waals surface area contributed by atoms with Gasteiger partial charge in [-0.25, -0.2) is 0 Å². The molecule has 6 heteroatoms. The van der Waals surface area contributed by atoms with Crippen LogP contribution in [0.25, 0.3) is 0 Å². The number of hydrogen-bond acceptors (Lipinski definition) is 4. The van der Waals surface area contributed by atoms with Gasteiger partial charge < -0.3 is 20.1 Å². The predicted molar refractivity (Wildman–Crippen MR) is 85.8 cm³/mol. The maximum absolute atomic E-state index is 12.1. The van der Waals surface area contributed by atoms with E-state index in [1.54, 1.807) is 18.2 Å². The van der Waals surface area contributed by atoms with Crippen molar-refractivity contribution in [2.45, 2.75) is 40.4 Å². The van der Waals surface area contributed by atoms with Crippen molar-refractivity contribution in [2.75, 3.05) is 23.8 Å². The van der Waals surface area contributed by atoms with Crippen molar-refractivity contribution < 1.29 is 19.1 Å². The largest absolute Gasteiger partial charge is 0.352 e. The van der Waals surface area contributed by atoms with Gasteiger partial charge in [0.2, 0.25) is 11.8 Å². The highest BCUT2D eigenvalue weighted by molar-refractivity contribution is 5.95. The standard InChI is InChI=1S/C16H24N2O4/c1-5-21-16(22-6-2)10-15(20)18-14-9-7-8-13(11(14)3)17-12(4)19/h7-9,16H,5-6,10H2,1-4H3,(H,17,19)(H,18,20). The highest BCUT2D eigenvalue weighted by Crippen LogP contribution is 2.23. The second kappa shape index (κ2) is 9.17. The Morgan fingerprint density at radius 3 is 2.14 bits per heavy atom. The first-order valence-corrected chi connectivity index (χ1v) is 7.38. The zero-order valence-corrected chi connectivity index (χ0v) is 13.6. The van der Waals surface area contributed by atoms with Crippen LogP contribution in [0.5, 0.6) is 0 Å². The Kier molecular flexibility index (Phi) is 7.56. The molecule has 122 valence electrons. The third-order valence-corrected chi connectivity index (χ3v) is 2.98. The summed E-state index contributed by atoms with van der Waals surface area (Å²) >= 11 is 0. The Bertz CT molecular complexity index is 511. The first-order chi connectivity index (χ1) is 10.5. The van der Waals surface area contributed by atoms with Crippen LogP contribution in [0, 0.1) is 6.92 Å². The number of amides is 2. The molecule has 0 bridgehead atoms. The molecule has 0 radical (unpaired) electrons. The van der Waals surface area contributed by atoms with Crippen LogP contribution in [0.1, 0.15) is 32.8 Å². The van der Waals surface area contributed by atoms with Crippen molar-refractivity contribution in [1.82, 2.24) is 0 Å². The molecule has 0 unspecified atom stereocenters. The molecule has 2 amide bonds. The highest BCUT2D eigenvalue weighted by atomic mass is 16.7. The predicted octanol–water partition coefficient (Wildman–Crippen LogP) is 2.68. The minimum atomic E-state index is -0.547. The van der Waals surface area contributed by atoms with Gasteiger partial charge in [0, 0.05) is 31.5 Å². The molecule has 0 aromatic heterocycles. The summed E-state index contributed by atoms with van der Waals surface area (Å²) in [4.78, 5) is 23.3. The quantitative estimate of drug-likeness (QED) is 0.724. The average molecular weight is 308 g/mol. The van der Waals surface area contributed by atoms with E-state index >= 15 is 0 Å². The van der Waals surface area contributed by atoms with E-state index in [0.29, 0.717) is 24.6 Å². The lowest BCUT2D eigenvalue weighted by Crippen LogP contribution is -2.25. The summed E-state index contributed by atoms with van der Waals surface area (Å²) in [7, 11) is 0. The molecular weight excluding hydrogens is 284 g/mol. The number of carbonyl (C=O) groups is 2. The van der Waals surface area contributed by atoms with Crippen molar-refractivity contribution in [3.63, 3.8) is 0 Å². The second-order valence-corrected chi connectivity index (χ2v) is 4.75. The van der Waals surface area contributed by atoms with Crippen molar-refractivity contribution >= 4 is 23.2 Å². The monoisotopic (exact) mass is 308 g/mol. The normalized spacial score (nSPS) is 10.6. The second-order valence-electron chi connectivity index (χ2n) is 4.75. The van der Waals surface area contributed by atoms with Gasteiger partial charge in [0.05, 0.1) is 6.42 Å². The molecule has 1 aromatic rings. The van der Waals surface area contributed by atoms with Gasteiger partial charge in [-0.3, -0.25) is 9.59 Å². The van der Waals surface area contributed by atoms with Gasteiger partial charge in [0.1, 0.15) is 0 Å². The molecule has 0 atom stereocenters. The molecule has 6 nitrogen and oxygen atoms in total. The van der Waals surface area contributed by atoms with E-state index < -0.39 is 6.29 Å².